The van der Waals surface area contributed by atoms with Gasteiger partial charge in [0.2, 0.25) is 0 Å². The molecule has 0 spiro atoms. The number of carboxylic acids is 1. The van der Waals surface area contributed by atoms with Gasteiger partial charge in [-0.25, -0.2) is 9.97 Å². The number of hydrogen-bond acceptors (Lipinski definition) is 5. The first-order valence-electron chi connectivity index (χ1n) is 3.96. The molecule has 1 unspecified atom stereocenters. The minimum Gasteiger partial charge on any atom is -0.480 e. The molecule has 1 aromatic rings. The van der Waals surface area contributed by atoms with E-state index in [4.69, 9.17) is 10.8 Å². The van der Waals surface area contributed by atoms with Crippen LogP contribution in [0.25, 0.3) is 0 Å². The topological polar surface area (TPSA) is 89.1 Å². The summed E-state index contributed by atoms with van der Waals surface area (Å²) in [5.41, 5.74) is 6.09. The predicted octanol–water partition coefficient (Wildman–Crippen LogP) is 0.153. The van der Waals surface area contributed by atoms with Gasteiger partial charge < -0.3 is 10.8 Å². The molecule has 3 N–H and O–H groups in total. The second-order valence-corrected chi connectivity index (χ2v) is 3.50. The van der Waals surface area contributed by atoms with E-state index in [1.54, 1.807) is 12.4 Å². The van der Waals surface area contributed by atoms with Gasteiger partial charge in [0.05, 0.1) is 0 Å². The van der Waals surface area contributed by atoms with E-state index < -0.39 is 12.0 Å². The van der Waals surface area contributed by atoms with E-state index in [0.717, 1.165) is 5.56 Å². The first kappa shape index (κ1) is 10.9. The summed E-state index contributed by atoms with van der Waals surface area (Å²) in [6.07, 6.45) is 5.32. The van der Waals surface area contributed by atoms with Gasteiger partial charge in [0.1, 0.15) is 6.04 Å². The SMILES string of the molecule is CSc1ncc(CC(N)C(=O)O)cn1. The summed E-state index contributed by atoms with van der Waals surface area (Å²) >= 11 is 1.43. The molecule has 76 valence electrons. The van der Waals surface area contributed by atoms with Crippen LogP contribution in [0, 0.1) is 0 Å². The maximum atomic E-state index is 10.5. The van der Waals surface area contributed by atoms with Crippen LogP contribution in [-0.4, -0.2) is 33.3 Å². The van der Waals surface area contributed by atoms with Crippen molar-refractivity contribution in [2.45, 2.75) is 17.6 Å². The van der Waals surface area contributed by atoms with E-state index in [1.165, 1.54) is 11.8 Å². The summed E-state index contributed by atoms with van der Waals surface area (Å²) in [5, 5.41) is 9.24. The second kappa shape index (κ2) is 4.92. The smallest absolute Gasteiger partial charge is 0.320 e. The van der Waals surface area contributed by atoms with Crippen LogP contribution >= 0.6 is 11.8 Å². The molecule has 0 amide bonds. The van der Waals surface area contributed by atoms with Gasteiger partial charge in [0, 0.05) is 18.8 Å². The third-order valence-corrected chi connectivity index (χ3v) is 2.21. The normalized spacial score (nSPS) is 12.4. The highest BCUT2D eigenvalue weighted by Gasteiger charge is 2.12. The van der Waals surface area contributed by atoms with E-state index in [1.807, 2.05) is 6.26 Å². The van der Waals surface area contributed by atoms with Gasteiger partial charge in [0.15, 0.2) is 5.16 Å². The van der Waals surface area contributed by atoms with Crippen molar-refractivity contribution in [2.75, 3.05) is 6.26 Å². The molecule has 0 aliphatic heterocycles. The van der Waals surface area contributed by atoms with Crippen molar-refractivity contribution in [1.29, 1.82) is 0 Å². The van der Waals surface area contributed by atoms with E-state index >= 15 is 0 Å². The number of rotatable bonds is 4. The standard InChI is InChI=1S/C8H11N3O2S/c1-14-8-10-3-5(4-11-8)2-6(9)7(12)13/h3-4,6H,2,9H2,1H3,(H,12,13). The van der Waals surface area contributed by atoms with Crippen molar-refractivity contribution in [3.63, 3.8) is 0 Å². The fourth-order valence-electron chi connectivity index (χ4n) is 0.895. The van der Waals surface area contributed by atoms with Crippen molar-refractivity contribution in [1.82, 2.24) is 9.97 Å². The van der Waals surface area contributed by atoms with Gasteiger partial charge in [-0.05, 0) is 11.8 Å². The molecule has 14 heavy (non-hydrogen) atoms. The zero-order valence-corrected chi connectivity index (χ0v) is 8.49. The Bertz CT molecular complexity index is 315. The van der Waals surface area contributed by atoms with E-state index in [0.29, 0.717) is 5.16 Å². The summed E-state index contributed by atoms with van der Waals surface area (Å²) in [4.78, 5) is 18.5. The summed E-state index contributed by atoms with van der Waals surface area (Å²) < 4.78 is 0. The lowest BCUT2D eigenvalue weighted by molar-refractivity contribution is -0.138. The molecule has 0 bridgehead atoms. The Hall–Kier alpha value is -1.14. The number of nitrogens with two attached hydrogens (primary N) is 1. The number of thioether (sulfide) groups is 1. The van der Waals surface area contributed by atoms with E-state index in [-0.39, 0.29) is 6.42 Å². The minimum absolute atomic E-state index is 0.254. The molecule has 1 rings (SSSR count). The Morgan fingerprint density at radius 3 is 2.64 bits per heavy atom. The zero-order chi connectivity index (χ0) is 10.6. The summed E-state index contributed by atoms with van der Waals surface area (Å²) in [6.45, 7) is 0. The fraction of sp³-hybridized carbons (Fsp3) is 0.375. The number of aromatic nitrogens is 2. The largest absolute Gasteiger partial charge is 0.480 e. The van der Waals surface area contributed by atoms with E-state index in [9.17, 15) is 4.79 Å². The van der Waals surface area contributed by atoms with Crippen molar-refractivity contribution >= 4 is 17.7 Å². The number of carbonyl (C=O) groups is 1. The third kappa shape index (κ3) is 2.97. The van der Waals surface area contributed by atoms with Gasteiger partial charge in [-0.15, -0.1) is 0 Å². The zero-order valence-electron chi connectivity index (χ0n) is 7.67. The van der Waals surface area contributed by atoms with Gasteiger partial charge in [0.25, 0.3) is 0 Å². The maximum absolute atomic E-state index is 10.5. The Morgan fingerprint density at radius 1 is 1.64 bits per heavy atom. The lowest BCUT2D eigenvalue weighted by Crippen LogP contribution is -2.32. The van der Waals surface area contributed by atoms with Crippen LogP contribution in [0.1, 0.15) is 5.56 Å². The van der Waals surface area contributed by atoms with E-state index in [2.05, 4.69) is 9.97 Å². The molecule has 5 nitrogen and oxygen atoms in total. The van der Waals surface area contributed by atoms with Gasteiger partial charge in [-0.1, -0.05) is 11.8 Å². The average molecular weight is 213 g/mol. The molecule has 0 aliphatic carbocycles. The molecule has 0 aromatic carbocycles. The minimum atomic E-state index is -1.01. The molecule has 0 radical (unpaired) electrons. The van der Waals surface area contributed by atoms with Crippen LogP contribution in [0.15, 0.2) is 17.6 Å². The van der Waals surface area contributed by atoms with Crippen molar-refractivity contribution in [3.05, 3.63) is 18.0 Å². The van der Waals surface area contributed by atoms with Gasteiger partial charge in [-0.2, -0.15) is 0 Å². The monoisotopic (exact) mass is 213 g/mol. The van der Waals surface area contributed by atoms with Crippen LogP contribution in [0.2, 0.25) is 0 Å². The Morgan fingerprint density at radius 2 is 2.21 bits per heavy atom. The number of hydrogen-bond donors (Lipinski definition) is 2. The molecular weight excluding hydrogens is 202 g/mol. The number of aliphatic carboxylic acids is 1. The molecule has 1 heterocycles. The highest BCUT2D eigenvalue weighted by atomic mass is 32.2. The Balaban J connectivity index is 2.64. The second-order valence-electron chi connectivity index (χ2n) is 2.73. The molecule has 0 fully saturated rings. The maximum Gasteiger partial charge on any atom is 0.320 e. The molecule has 0 saturated carbocycles. The first-order chi connectivity index (χ1) is 6.63. The Kier molecular flexibility index (Phi) is 3.84. The van der Waals surface area contributed by atoms with Crippen LogP contribution in [0.5, 0.6) is 0 Å². The fourth-order valence-corrected chi connectivity index (χ4v) is 1.21. The van der Waals surface area contributed by atoms with Crippen molar-refractivity contribution in [2.24, 2.45) is 5.73 Å². The van der Waals surface area contributed by atoms with Crippen molar-refractivity contribution in [3.8, 4) is 0 Å². The molecule has 0 aliphatic rings. The first-order valence-corrected chi connectivity index (χ1v) is 5.19. The molecular formula is C8H11N3O2S. The van der Waals surface area contributed by atoms with Crippen LogP contribution in [-0.2, 0) is 11.2 Å². The summed E-state index contributed by atoms with van der Waals surface area (Å²) in [6, 6.07) is -0.890. The van der Waals surface area contributed by atoms with Gasteiger partial charge >= 0.3 is 5.97 Å². The molecule has 1 aromatic heterocycles. The van der Waals surface area contributed by atoms with Crippen LogP contribution < -0.4 is 5.73 Å². The lowest BCUT2D eigenvalue weighted by atomic mass is 10.1. The predicted molar refractivity (Wildman–Crippen MR) is 53.1 cm³/mol. The lowest BCUT2D eigenvalue weighted by Gasteiger charge is -2.05. The number of nitrogens with zero attached hydrogens (tertiary/aromatic N) is 2. The number of carboxylic acid groups (broad SMARTS) is 1. The highest BCUT2D eigenvalue weighted by molar-refractivity contribution is 7.98. The molecule has 1 atom stereocenters. The summed E-state index contributed by atoms with van der Waals surface area (Å²) in [7, 11) is 0. The average Bonchev–Trinajstić information content (AvgIpc) is 2.19. The van der Waals surface area contributed by atoms with Gasteiger partial charge in [-0.3, -0.25) is 4.79 Å². The Labute approximate surface area is 85.7 Å². The third-order valence-electron chi connectivity index (χ3n) is 1.64. The van der Waals surface area contributed by atoms with Crippen LogP contribution in [0.4, 0.5) is 0 Å². The van der Waals surface area contributed by atoms with Crippen LogP contribution in [0.3, 0.4) is 0 Å². The molecule has 0 saturated heterocycles. The van der Waals surface area contributed by atoms with Crippen molar-refractivity contribution < 1.29 is 9.90 Å². The quantitative estimate of drug-likeness (QED) is 0.546. The summed E-state index contributed by atoms with van der Waals surface area (Å²) in [5.74, 6) is -1.01. The highest BCUT2D eigenvalue weighted by Crippen LogP contribution is 2.07. The molecule has 6 heteroatoms.